The topological polar surface area (TPSA) is 60.2 Å². The third-order valence-corrected chi connectivity index (χ3v) is 4.01. The number of aromatic nitrogens is 1. The normalized spacial score (nSPS) is 12.2. The highest BCUT2D eigenvalue weighted by Gasteiger charge is 2.13. The molecule has 3 N–H and O–H groups in total. The number of halogens is 2. The molecule has 106 valence electrons. The summed E-state index contributed by atoms with van der Waals surface area (Å²) in [6.45, 7) is 0. The third kappa shape index (κ3) is 3.70. The maximum absolute atomic E-state index is 5.92. The fourth-order valence-electron chi connectivity index (χ4n) is 1.96. The smallest absolute Gasteiger partial charge is 0.129 e. The van der Waals surface area contributed by atoms with Crippen LogP contribution in [0.15, 0.2) is 41.0 Å². The van der Waals surface area contributed by atoms with Crippen molar-refractivity contribution in [3.05, 3.63) is 57.3 Å². The van der Waals surface area contributed by atoms with Crippen LogP contribution in [0.3, 0.4) is 0 Å². The molecular weight excluding hydrogens is 342 g/mol. The van der Waals surface area contributed by atoms with Gasteiger partial charge in [-0.25, -0.2) is 4.98 Å². The summed E-state index contributed by atoms with van der Waals surface area (Å²) in [6.07, 6.45) is 2.37. The maximum atomic E-state index is 5.92. The summed E-state index contributed by atoms with van der Waals surface area (Å²) in [4.78, 5) is 3.98. The Kier molecular flexibility index (Phi) is 5.37. The number of rotatable bonds is 5. The number of nitrogens with one attached hydrogen (secondary N) is 1. The highest BCUT2D eigenvalue weighted by Crippen LogP contribution is 2.27. The van der Waals surface area contributed by atoms with Crippen molar-refractivity contribution in [1.82, 2.24) is 10.4 Å². The number of hydrogen-bond donors (Lipinski definition) is 2. The minimum Gasteiger partial charge on any atom is -0.497 e. The van der Waals surface area contributed by atoms with Gasteiger partial charge in [-0.1, -0.05) is 27.5 Å². The molecule has 2 rings (SSSR count). The molecule has 1 atom stereocenters. The van der Waals surface area contributed by atoms with Crippen molar-refractivity contribution >= 4 is 27.5 Å². The highest BCUT2D eigenvalue weighted by atomic mass is 79.9. The maximum Gasteiger partial charge on any atom is 0.129 e. The van der Waals surface area contributed by atoms with Crippen LogP contribution in [0.25, 0.3) is 0 Å². The molecular formula is C14H15BrClN3O. The van der Waals surface area contributed by atoms with Crippen LogP contribution in [-0.4, -0.2) is 12.1 Å². The van der Waals surface area contributed by atoms with Crippen molar-refractivity contribution in [1.29, 1.82) is 0 Å². The number of nitrogens with two attached hydrogens (primary N) is 1. The summed E-state index contributed by atoms with van der Waals surface area (Å²) < 4.78 is 6.26. The van der Waals surface area contributed by atoms with Gasteiger partial charge in [-0.3, -0.25) is 11.3 Å². The number of hydrogen-bond acceptors (Lipinski definition) is 4. The van der Waals surface area contributed by atoms with E-state index in [1.54, 1.807) is 19.4 Å². The molecule has 0 bridgehead atoms. The number of methoxy groups -OCH3 is 1. The number of hydrazine groups is 1. The molecule has 1 unspecified atom stereocenters. The Bertz CT molecular complexity index is 594. The monoisotopic (exact) mass is 355 g/mol. The fraction of sp³-hybridized carbons (Fsp3) is 0.214. The van der Waals surface area contributed by atoms with Crippen LogP contribution in [0.1, 0.15) is 17.2 Å². The minimum atomic E-state index is -0.0566. The molecule has 2 aromatic rings. The largest absolute Gasteiger partial charge is 0.497 e. The lowest BCUT2D eigenvalue weighted by Crippen LogP contribution is -2.29. The van der Waals surface area contributed by atoms with Gasteiger partial charge < -0.3 is 4.74 Å². The fourth-order valence-corrected chi connectivity index (χ4v) is 2.55. The number of ether oxygens (including phenoxy) is 1. The van der Waals surface area contributed by atoms with Crippen LogP contribution in [0.2, 0.25) is 5.15 Å². The summed E-state index contributed by atoms with van der Waals surface area (Å²) in [5, 5.41) is 0.451. The Balaban J connectivity index is 2.26. The van der Waals surface area contributed by atoms with Gasteiger partial charge in [0.2, 0.25) is 0 Å². The van der Waals surface area contributed by atoms with Crippen molar-refractivity contribution in [3.63, 3.8) is 0 Å². The molecule has 0 amide bonds. The van der Waals surface area contributed by atoms with Gasteiger partial charge in [-0.15, -0.1) is 0 Å². The first-order chi connectivity index (χ1) is 9.63. The molecule has 1 aromatic carbocycles. The van der Waals surface area contributed by atoms with E-state index in [0.29, 0.717) is 11.6 Å². The quantitative estimate of drug-likeness (QED) is 0.490. The highest BCUT2D eigenvalue weighted by molar-refractivity contribution is 9.10. The molecule has 0 aliphatic heterocycles. The van der Waals surface area contributed by atoms with Crippen molar-refractivity contribution in [3.8, 4) is 5.75 Å². The van der Waals surface area contributed by atoms with E-state index in [2.05, 4.69) is 26.3 Å². The van der Waals surface area contributed by atoms with Gasteiger partial charge >= 0.3 is 0 Å². The lowest BCUT2D eigenvalue weighted by atomic mass is 10.0. The van der Waals surface area contributed by atoms with E-state index in [-0.39, 0.29) is 6.04 Å². The summed E-state index contributed by atoms with van der Waals surface area (Å²) in [7, 11) is 1.65. The van der Waals surface area contributed by atoms with Gasteiger partial charge in [0.1, 0.15) is 10.9 Å². The molecule has 0 spiro atoms. The van der Waals surface area contributed by atoms with Crippen LogP contribution in [0.4, 0.5) is 0 Å². The Morgan fingerprint density at radius 2 is 2.20 bits per heavy atom. The lowest BCUT2D eigenvalue weighted by molar-refractivity contribution is 0.413. The molecule has 1 aromatic heterocycles. The zero-order valence-corrected chi connectivity index (χ0v) is 13.3. The van der Waals surface area contributed by atoms with Gasteiger partial charge in [0.25, 0.3) is 0 Å². The van der Waals surface area contributed by atoms with Crippen molar-refractivity contribution < 1.29 is 4.74 Å². The molecule has 1 heterocycles. The first-order valence-corrected chi connectivity index (χ1v) is 7.21. The van der Waals surface area contributed by atoms with E-state index in [4.69, 9.17) is 22.2 Å². The first-order valence-electron chi connectivity index (χ1n) is 6.04. The number of pyridine rings is 1. The summed E-state index contributed by atoms with van der Waals surface area (Å²) in [6, 6.07) is 9.49. The average molecular weight is 357 g/mol. The second-order valence-corrected chi connectivity index (χ2v) is 5.53. The van der Waals surface area contributed by atoms with E-state index in [1.807, 2.05) is 24.3 Å². The summed E-state index contributed by atoms with van der Waals surface area (Å²) in [5.41, 5.74) is 4.90. The third-order valence-electron chi connectivity index (χ3n) is 3.03. The minimum absolute atomic E-state index is 0.0566. The first kappa shape index (κ1) is 15.3. The van der Waals surface area contributed by atoms with Gasteiger partial charge in [0, 0.05) is 10.7 Å². The van der Waals surface area contributed by atoms with E-state index in [0.717, 1.165) is 21.3 Å². The zero-order valence-electron chi connectivity index (χ0n) is 10.9. The second-order valence-electron chi connectivity index (χ2n) is 4.29. The van der Waals surface area contributed by atoms with E-state index in [9.17, 15) is 0 Å². The zero-order chi connectivity index (χ0) is 14.5. The van der Waals surface area contributed by atoms with Crippen LogP contribution < -0.4 is 16.0 Å². The number of benzene rings is 1. The van der Waals surface area contributed by atoms with Gasteiger partial charge in [-0.2, -0.15) is 0 Å². The Morgan fingerprint density at radius 1 is 1.40 bits per heavy atom. The van der Waals surface area contributed by atoms with Gasteiger partial charge in [0.05, 0.1) is 13.2 Å². The molecule has 0 aliphatic carbocycles. The molecule has 4 nitrogen and oxygen atoms in total. The predicted molar refractivity (Wildman–Crippen MR) is 83.7 cm³/mol. The molecule has 0 aliphatic rings. The molecule has 0 saturated carbocycles. The average Bonchev–Trinajstić information content (AvgIpc) is 2.46. The molecule has 0 radical (unpaired) electrons. The summed E-state index contributed by atoms with van der Waals surface area (Å²) >= 11 is 9.46. The van der Waals surface area contributed by atoms with Crippen LogP contribution in [-0.2, 0) is 6.42 Å². The molecule has 0 fully saturated rings. The molecule has 6 heteroatoms. The van der Waals surface area contributed by atoms with Crippen LogP contribution in [0, 0.1) is 0 Å². The van der Waals surface area contributed by atoms with Crippen molar-refractivity contribution in [2.24, 2.45) is 5.84 Å². The molecule has 0 saturated heterocycles. The predicted octanol–water partition coefficient (Wildman–Crippen LogP) is 3.25. The Labute approximate surface area is 131 Å². The SMILES string of the molecule is COc1ccc(Br)c(CC(NN)c2ccnc(Cl)c2)c1. The van der Waals surface area contributed by atoms with Crippen LogP contribution in [0.5, 0.6) is 5.75 Å². The van der Waals surface area contributed by atoms with Crippen molar-refractivity contribution in [2.45, 2.75) is 12.5 Å². The lowest BCUT2D eigenvalue weighted by Gasteiger charge is -2.18. The Morgan fingerprint density at radius 3 is 2.85 bits per heavy atom. The molecule has 20 heavy (non-hydrogen) atoms. The van der Waals surface area contributed by atoms with E-state index in [1.165, 1.54) is 0 Å². The summed E-state index contributed by atoms with van der Waals surface area (Å²) in [5.74, 6) is 6.48. The van der Waals surface area contributed by atoms with Crippen LogP contribution >= 0.6 is 27.5 Å². The Hall–Kier alpha value is -1.14. The number of nitrogens with zero attached hydrogens (tertiary/aromatic N) is 1. The van der Waals surface area contributed by atoms with Gasteiger partial charge in [0.15, 0.2) is 0 Å². The second kappa shape index (κ2) is 7.04. The van der Waals surface area contributed by atoms with Crippen molar-refractivity contribution in [2.75, 3.05) is 7.11 Å². The standard InChI is InChI=1S/C14H15BrClN3O/c1-20-11-2-3-12(15)10(6-11)7-13(19-17)9-4-5-18-14(16)8-9/h2-6,8,13,19H,7,17H2,1H3. The van der Waals surface area contributed by atoms with Gasteiger partial charge in [-0.05, 0) is 47.9 Å². The van der Waals surface area contributed by atoms with E-state index >= 15 is 0 Å². The van der Waals surface area contributed by atoms with E-state index < -0.39 is 0 Å².